The van der Waals surface area contributed by atoms with Gasteiger partial charge in [-0.3, -0.25) is 4.57 Å². The van der Waals surface area contributed by atoms with Gasteiger partial charge in [-0.05, 0) is 42.8 Å². The average molecular weight is 528 g/mol. The molecule has 3 aromatic carbocycles. The zero-order valence-corrected chi connectivity index (χ0v) is 21.4. The van der Waals surface area contributed by atoms with Crippen molar-refractivity contribution in [2.45, 2.75) is 24.4 Å². The molecule has 10 heteroatoms. The van der Waals surface area contributed by atoms with Crippen molar-refractivity contribution in [3.8, 4) is 11.4 Å². The Balaban J connectivity index is 1.55. The van der Waals surface area contributed by atoms with Gasteiger partial charge in [0.2, 0.25) is 0 Å². The monoisotopic (exact) mass is 527 g/mol. The molecule has 1 heterocycles. The second-order valence-electron chi connectivity index (χ2n) is 7.65. The number of benzene rings is 3. The molecule has 2 amide bonds. The molecule has 7 nitrogen and oxygen atoms in total. The molecule has 0 fully saturated rings. The highest BCUT2D eigenvalue weighted by molar-refractivity contribution is 7.98. The van der Waals surface area contributed by atoms with Crippen LogP contribution < -0.4 is 15.4 Å². The number of anilines is 1. The van der Waals surface area contributed by atoms with Gasteiger partial charge in [0.15, 0.2) is 11.0 Å². The van der Waals surface area contributed by atoms with Gasteiger partial charge in [-0.15, -0.1) is 10.2 Å². The lowest BCUT2D eigenvalue weighted by Crippen LogP contribution is -2.29. The Morgan fingerprint density at radius 2 is 1.89 bits per heavy atom. The van der Waals surface area contributed by atoms with Crippen molar-refractivity contribution in [2.75, 3.05) is 12.4 Å². The van der Waals surface area contributed by atoms with Crippen molar-refractivity contribution in [1.82, 2.24) is 20.1 Å². The van der Waals surface area contributed by atoms with E-state index in [0.717, 1.165) is 0 Å². The van der Waals surface area contributed by atoms with E-state index >= 15 is 0 Å². The Hall–Kier alpha value is -3.20. The Morgan fingerprint density at radius 3 is 2.69 bits per heavy atom. The first-order valence-corrected chi connectivity index (χ1v) is 12.4. The number of amides is 2. The molecule has 0 atom stereocenters. The van der Waals surface area contributed by atoms with Crippen molar-refractivity contribution in [2.24, 2.45) is 0 Å². The minimum Gasteiger partial charge on any atom is -0.497 e. The van der Waals surface area contributed by atoms with Crippen LogP contribution in [0.15, 0.2) is 71.9 Å². The van der Waals surface area contributed by atoms with Crippen LogP contribution in [0.5, 0.6) is 5.75 Å². The van der Waals surface area contributed by atoms with Gasteiger partial charge < -0.3 is 15.4 Å². The number of hydrogen-bond acceptors (Lipinski definition) is 5. The van der Waals surface area contributed by atoms with E-state index < -0.39 is 0 Å². The molecule has 0 aliphatic heterocycles. The largest absolute Gasteiger partial charge is 0.497 e. The van der Waals surface area contributed by atoms with Crippen molar-refractivity contribution in [3.05, 3.63) is 93.7 Å². The summed E-state index contributed by atoms with van der Waals surface area (Å²) in [7, 11) is 1.57. The molecule has 4 rings (SSSR count). The van der Waals surface area contributed by atoms with E-state index in [9.17, 15) is 4.79 Å². The van der Waals surface area contributed by atoms with Crippen LogP contribution >= 0.6 is 35.0 Å². The third-order valence-electron chi connectivity index (χ3n) is 5.03. The summed E-state index contributed by atoms with van der Waals surface area (Å²) in [6.07, 6.45) is 0. The lowest BCUT2D eigenvalue weighted by atomic mass is 10.2. The molecule has 180 valence electrons. The molecule has 2 N–H and O–H groups in total. The van der Waals surface area contributed by atoms with Crippen molar-refractivity contribution in [3.63, 3.8) is 0 Å². The number of nitrogens with one attached hydrogen (secondary N) is 2. The van der Waals surface area contributed by atoms with Crippen LogP contribution in [0.1, 0.15) is 17.0 Å². The number of methoxy groups -OCH3 is 1. The number of halogens is 2. The average Bonchev–Trinajstić information content (AvgIpc) is 3.25. The van der Waals surface area contributed by atoms with E-state index in [2.05, 4.69) is 46.0 Å². The number of hydrogen-bond donors (Lipinski definition) is 2. The van der Waals surface area contributed by atoms with Gasteiger partial charge in [0, 0.05) is 22.5 Å². The lowest BCUT2D eigenvalue weighted by molar-refractivity contribution is 0.251. The highest BCUT2D eigenvalue weighted by Crippen LogP contribution is 2.31. The van der Waals surface area contributed by atoms with Crippen LogP contribution in [0, 0.1) is 6.92 Å². The number of urea groups is 1. The van der Waals surface area contributed by atoms with Crippen LogP contribution in [0.3, 0.4) is 0 Å². The number of carbonyl (C=O) groups is 1. The van der Waals surface area contributed by atoms with Gasteiger partial charge in [0.1, 0.15) is 5.75 Å². The molecule has 0 aliphatic carbocycles. The number of aryl methyl sites for hydroxylation is 1. The van der Waals surface area contributed by atoms with Gasteiger partial charge in [-0.2, -0.15) is 0 Å². The second-order valence-corrected chi connectivity index (χ2v) is 9.43. The summed E-state index contributed by atoms with van der Waals surface area (Å²) >= 11 is 14.3. The van der Waals surface area contributed by atoms with Crippen LogP contribution in [0.4, 0.5) is 10.5 Å². The predicted molar refractivity (Wildman–Crippen MR) is 141 cm³/mol. The molecular weight excluding hydrogens is 505 g/mol. The third kappa shape index (κ3) is 6.48. The molecule has 0 spiro atoms. The second kappa shape index (κ2) is 11.5. The Morgan fingerprint density at radius 1 is 1.06 bits per heavy atom. The first-order valence-electron chi connectivity index (χ1n) is 10.7. The Kier molecular flexibility index (Phi) is 8.17. The van der Waals surface area contributed by atoms with Crippen molar-refractivity contribution < 1.29 is 9.53 Å². The molecule has 0 saturated heterocycles. The summed E-state index contributed by atoms with van der Waals surface area (Å²) in [5.74, 6) is 1.86. The molecule has 0 radical (unpaired) electrons. The van der Waals surface area contributed by atoms with Crippen LogP contribution in [0.25, 0.3) is 5.69 Å². The molecule has 1 aromatic heterocycles. The molecule has 0 bridgehead atoms. The van der Waals surface area contributed by atoms with E-state index in [1.54, 1.807) is 49.6 Å². The normalized spacial score (nSPS) is 10.7. The van der Waals surface area contributed by atoms with Gasteiger partial charge >= 0.3 is 6.03 Å². The summed E-state index contributed by atoms with van der Waals surface area (Å²) in [6, 6.07) is 20.2. The van der Waals surface area contributed by atoms with Crippen molar-refractivity contribution >= 4 is 46.7 Å². The SMILES string of the molecule is COc1cccc(NC(=O)NCc2nnc(SCc3cccc(C)c3)n2-c2cc(Cl)ccc2Cl)c1. The zero-order chi connectivity index (χ0) is 24.8. The Labute approximate surface area is 217 Å². The van der Waals surface area contributed by atoms with E-state index in [1.165, 1.54) is 22.9 Å². The van der Waals surface area contributed by atoms with E-state index in [1.807, 2.05) is 10.6 Å². The summed E-state index contributed by atoms with van der Waals surface area (Å²) < 4.78 is 7.02. The summed E-state index contributed by atoms with van der Waals surface area (Å²) in [5, 5.41) is 16.0. The van der Waals surface area contributed by atoms with Gasteiger partial charge in [0.25, 0.3) is 0 Å². The Bertz CT molecular complexity index is 1350. The number of thioether (sulfide) groups is 1. The summed E-state index contributed by atoms with van der Waals surface area (Å²) in [4.78, 5) is 12.5. The third-order valence-corrected chi connectivity index (χ3v) is 6.59. The van der Waals surface area contributed by atoms with Crippen LogP contribution in [0.2, 0.25) is 10.0 Å². The smallest absolute Gasteiger partial charge is 0.319 e. The van der Waals surface area contributed by atoms with Gasteiger partial charge in [-0.25, -0.2) is 4.79 Å². The van der Waals surface area contributed by atoms with E-state index in [-0.39, 0.29) is 12.6 Å². The minimum absolute atomic E-state index is 0.122. The molecule has 0 aliphatic rings. The van der Waals surface area contributed by atoms with Crippen LogP contribution in [-0.2, 0) is 12.3 Å². The van der Waals surface area contributed by atoms with Crippen LogP contribution in [-0.4, -0.2) is 27.9 Å². The van der Waals surface area contributed by atoms with E-state index in [0.29, 0.717) is 43.9 Å². The highest BCUT2D eigenvalue weighted by Gasteiger charge is 2.18. The number of rotatable bonds is 8. The molecule has 0 unspecified atom stereocenters. The standard InChI is InChI=1S/C25H23Cl2N5O2S/c1-16-5-3-6-17(11-16)15-35-25-31-30-23(32(25)22-12-18(26)9-10-21(22)27)14-28-24(33)29-19-7-4-8-20(13-19)34-2/h3-13H,14-15H2,1-2H3,(H2,28,29,33). The summed E-state index contributed by atoms with van der Waals surface area (Å²) in [6.45, 7) is 2.18. The maximum Gasteiger partial charge on any atom is 0.319 e. The fraction of sp³-hybridized carbons (Fsp3) is 0.160. The quantitative estimate of drug-likeness (QED) is 0.255. The number of aromatic nitrogens is 3. The van der Waals surface area contributed by atoms with Crippen molar-refractivity contribution in [1.29, 1.82) is 0 Å². The number of carbonyl (C=O) groups excluding carboxylic acids is 1. The van der Waals surface area contributed by atoms with E-state index in [4.69, 9.17) is 27.9 Å². The molecule has 4 aromatic rings. The fourth-order valence-corrected chi connectivity index (χ4v) is 4.67. The molecular formula is C25H23Cl2N5O2S. The topological polar surface area (TPSA) is 81.1 Å². The highest BCUT2D eigenvalue weighted by atomic mass is 35.5. The first-order chi connectivity index (χ1) is 16.9. The van der Waals surface area contributed by atoms with Gasteiger partial charge in [-0.1, -0.05) is 70.9 Å². The molecule has 35 heavy (non-hydrogen) atoms. The lowest BCUT2D eigenvalue weighted by Gasteiger charge is -2.13. The maximum absolute atomic E-state index is 12.5. The maximum atomic E-state index is 12.5. The fourth-order valence-electron chi connectivity index (χ4n) is 3.39. The minimum atomic E-state index is -0.390. The first kappa shape index (κ1) is 24.9. The predicted octanol–water partition coefficient (Wildman–Crippen LogP) is 6.51. The van der Waals surface area contributed by atoms with Gasteiger partial charge in [0.05, 0.1) is 24.4 Å². The number of nitrogens with zero attached hydrogens (tertiary/aromatic N) is 3. The summed E-state index contributed by atoms with van der Waals surface area (Å²) in [5.41, 5.74) is 3.60. The molecule has 0 saturated carbocycles. The zero-order valence-electron chi connectivity index (χ0n) is 19.1. The number of ether oxygens (including phenoxy) is 1.